The zero-order valence-corrected chi connectivity index (χ0v) is 23.7. The van der Waals surface area contributed by atoms with Gasteiger partial charge in [0.2, 0.25) is 5.95 Å². The molecule has 9 rings (SSSR count). The van der Waals surface area contributed by atoms with Gasteiger partial charge in [-0.1, -0.05) is 115 Å². The van der Waals surface area contributed by atoms with Gasteiger partial charge in [-0.05, 0) is 36.4 Å². The molecule has 0 fully saturated rings. The Morgan fingerprint density at radius 3 is 1.55 bits per heavy atom. The van der Waals surface area contributed by atoms with Crippen LogP contribution in [0, 0.1) is 0 Å². The number of hydrogen-bond donors (Lipinski definition) is 0. The zero-order chi connectivity index (χ0) is 29.0. The number of para-hydroxylation sites is 3. The standard InChI is InChI=1S/C39H25N5/c1-4-14-26(15-5-1)32-25-33(27-16-6-2-7-17-27)41-39(40-32)44-34-22-12-10-20-29(34)31-24-36-37(42-38(31)44)30-21-11-13-23-35(30)43(36)28-18-8-3-9-19-28/h1-25H. The average Bonchev–Trinajstić information content (AvgIpc) is 3.60. The quantitative estimate of drug-likeness (QED) is 0.214. The lowest BCUT2D eigenvalue weighted by atomic mass is 10.1. The maximum Gasteiger partial charge on any atom is 0.237 e. The number of nitrogens with zero attached hydrogens (tertiary/aromatic N) is 5. The van der Waals surface area contributed by atoms with E-state index in [1.807, 2.05) is 36.4 Å². The number of hydrogen-bond acceptors (Lipinski definition) is 3. The van der Waals surface area contributed by atoms with Crippen LogP contribution in [0.15, 0.2) is 152 Å². The molecule has 0 aliphatic heterocycles. The van der Waals surface area contributed by atoms with Crippen molar-refractivity contribution in [3.8, 4) is 34.2 Å². The van der Waals surface area contributed by atoms with Gasteiger partial charge in [-0.3, -0.25) is 4.57 Å². The summed E-state index contributed by atoms with van der Waals surface area (Å²) >= 11 is 0. The van der Waals surface area contributed by atoms with Gasteiger partial charge in [0, 0.05) is 33.0 Å². The van der Waals surface area contributed by atoms with Crippen LogP contribution in [0.25, 0.3) is 78.0 Å². The lowest BCUT2D eigenvalue weighted by Gasteiger charge is -2.11. The first kappa shape index (κ1) is 24.5. The summed E-state index contributed by atoms with van der Waals surface area (Å²) in [5, 5.41) is 3.27. The third-order valence-electron chi connectivity index (χ3n) is 8.34. The van der Waals surface area contributed by atoms with E-state index in [0.29, 0.717) is 5.95 Å². The molecule has 0 saturated carbocycles. The van der Waals surface area contributed by atoms with Gasteiger partial charge in [-0.25, -0.2) is 15.0 Å². The second-order valence-electron chi connectivity index (χ2n) is 10.9. The predicted octanol–water partition coefficient (Wildman–Crippen LogP) is 9.40. The van der Waals surface area contributed by atoms with Gasteiger partial charge in [0.15, 0.2) is 0 Å². The summed E-state index contributed by atoms with van der Waals surface area (Å²) in [6.45, 7) is 0. The maximum absolute atomic E-state index is 5.43. The number of aromatic nitrogens is 5. The van der Waals surface area contributed by atoms with E-state index >= 15 is 0 Å². The summed E-state index contributed by atoms with van der Waals surface area (Å²) in [7, 11) is 0. The van der Waals surface area contributed by atoms with Gasteiger partial charge in [-0.15, -0.1) is 0 Å². The van der Waals surface area contributed by atoms with Crippen molar-refractivity contribution < 1.29 is 0 Å². The molecule has 0 atom stereocenters. The molecule has 0 spiro atoms. The molecule has 5 aromatic carbocycles. The van der Waals surface area contributed by atoms with Crippen LogP contribution in [-0.2, 0) is 0 Å². The van der Waals surface area contributed by atoms with Crippen LogP contribution in [0.1, 0.15) is 0 Å². The molecule has 44 heavy (non-hydrogen) atoms. The van der Waals surface area contributed by atoms with Gasteiger partial charge in [0.05, 0.1) is 33.5 Å². The van der Waals surface area contributed by atoms with Crippen LogP contribution >= 0.6 is 0 Å². The van der Waals surface area contributed by atoms with Gasteiger partial charge < -0.3 is 4.57 Å². The van der Waals surface area contributed by atoms with Crippen LogP contribution in [0.3, 0.4) is 0 Å². The van der Waals surface area contributed by atoms with Gasteiger partial charge in [0.1, 0.15) is 5.65 Å². The van der Waals surface area contributed by atoms with Crippen molar-refractivity contribution in [2.45, 2.75) is 0 Å². The second kappa shape index (κ2) is 9.75. The van der Waals surface area contributed by atoms with E-state index in [0.717, 1.165) is 72.1 Å². The SMILES string of the molecule is c1ccc(-c2cc(-c3ccccc3)nc(-n3c4ccccc4c4cc5c(nc43)c3ccccc3n5-c3ccccc3)n2)cc1. The van der Waals surface area contributed by atoms with E-state index in [1.165, 1.54) is 0 Å². The van der Waals surface area contributed by atoms with Crippen LogP contribution in [0.4, 0.5) is 0 Å². The minimum absolute atomic E-state index is 0.593. The molecule has 0 radical (unpaired) electrons. The molecule has 206 valence electrons. The van der Waals surface area contributed by atoms with Crippen molar-refractivity contribution in [2.75, 3.05) is 0 Å². The summed E-state index contributed by atoms with van der Waals surface area (Å²) in [5.41, 5.74) is 9.89. The van der Waals surface area contributed by atoms with E-state index in [-0.39, 0.29) is 0 Å². The molecule has 0 bridgehead atoms. The van der Waals surface area contributed by atoms with Crippen LogP contribution in [-0.4, -0.2) is 24.1 Å². The lowest BCUT2D eigenvalue weighted by molar-refractivity contribution is 0.984. The first-order valence-corrected chi connectivity index (χ1v) is 14.7. The Hall–Kier alpha value is -6.07. The van der Waals surface area contributed by atoms with Crippen molar-refractivity contribution in [1.29, 1.82) is 0 Å². The molecule has 4 aromatic heterocycles. The molecule has 0 aliphatic carbocycles. The summed E-state index contributed by atoms with van der Waals surface area (Å²) in [6.07, 6.45) is 0. The average molecular weight is 564 g/mol. The number of fused-ring (bicyclic) bond motifs is 6. The van der Waals surface area contributed by atoms with E-state index in [4.69, 9.17) is 15.0 Å². The zero-order valence-electron chi connectivity index (χ0n) is 23.7. The van der Waals surface area contributed by atoms with E-state index < -0.39 is 0 Å². The summed E-state index contributed by atoms with van der Waals surface area (Å²) in [6, 6.07) is 52.4. The summed E-state index contributed by atoms with van der Waals surface area (Å²) in [5.74, 6) is 0.593. The predicted molar refractivity (Wildman–Crippen MR) is 179 cm³/mol. The molecule has 5 nitrogen and oxygen atoms in total. The topological polar surface area (TPSA) is 48.5 Å². The second-order valence-corrected chi connectivity index (χ2v) is 10.9. The fourth-order valence-electron chi connectivity index (χ4n) is 6.35. The highest BCUT2D eigenvalue weighted by Gasteiger charge is 2.21. The van der Waals surface area contributed by atoms with Crippen LogP contribution in [0.5, 0.6) is 0 Å². The summed E-state index contributed by atoms with van der Waals surface area (Å²) in [4.78, 5) is 15.8. The Morgan fingerprint density at radius 1 is 0.386 bits per heavy atom. The minimum Gasteiger partial charge on any atom is -0.308 e. The van der Waals surface area contributed by atoms with Gasteiger partial charge >= 0.3 is 0 Å². The van der Waals surface area contributed by atoms with Crippen LogP contribution < -0.4 is 0 Å². The minimum atomic E-state index is 0.593. The third kappa shape index (κ3) is 3.76. The Balaban J connectivity index is 1.40. The Kier molecular flexibility index (Phi) is 5.43. The molecule has 0 aliphatic rings. The number of rotatable bonds is 4. The maximum atomic E-state index is 5.43. The third-order valence-corrected chi connectivity index (χ3v) is 8.34. The molecule has 0 N–H and O–H groups in total. The van der Waals surface area contributed by atoms with Crippen molar-refractivity contribution in [3.05, 3.63) is 152 Å². The van der Waals surface area contributed by atoms with E-state index in [2.05, 4.69) is 124 Å². The number of pyridine rings is 1. The highest BCUT2D eigenvalue weighted by Crippen LogP contribution is 2.37. The first-order valence-electron chi connectivity index (χ1n) is 14.7. The van der Waals surface area contributed by atoms with Crippen molar-refractivity contribution in [2.24, 2.45) is 0 Å². The first-order chi connectivity index (χ1) is 21.8. The fraction of sp³-hybridized carbons (Fsp3) is 0. The van der Waals surface area contributed by atoms with E-state index in [9.17, 15) is 0 Å². The lowest BCUT2D eigenvalue weighted by Crippen LogP contribution is -2.04. The van der Waals surface area contributed by atoms with Crippen molar-refractivity contribution >= 4 is 43.9 Å². The number of benzene rings is 5. The Morgan fingerprint density at radius 2 is 0.909 bits per heavy atom. The molecule has 5 heteroatoms. The smallest absolute Gasteiger partial charge is 0.237 e. The monoisotopic (exact) mass is 563 g/mol. The Bertz CT molecular complexity index is 2420. The molecule has 0 unspecified atom stereocenters. The normalized spacial score (nSPS) is 11.6. The molecule has 0 saturated heterocycles. The molecular formula is C39H25N5. The molecular weight excluding hydrogens is 538 g/mol. The Labute approximate surface area is 253 Å². The van der Waals surface area contributed by atoms with Crippen LogP contribution in [0.2, 0.25) is 0 Å². The molecule has 9 aromatic rings. The summed E-state index contributed by atoms with van der Waals surface area (Å²) < 4.78 is 4.43. The van der Waals surface area contributed by atoms with Gasteiger partial charge in [-0.2, -0.15) is 0 Å². The fourth-order valence-corrected chi connectivity index (χ4v) is 6.35. The molecule has 4 heterocycles. The van der Waals surface area contributed by atoms with Crippen molar-refractivity contribution in [1.82, 2.24) is 24.1 Å². The van der Waals surface area contributed by atoms with Crippen molar-refractivity contribution in [3.63, 3.8) is 0 Å². The molecule has 0 amide bonds. The highest BCUT2D eigenvalue weighted by molar-refractivity contribution is 6.15. The van der Waals surface area contributed by atoms with E-state index in [1.54, 1.807) is 0 Å². The largest absolute Gasteiger partial charge is 0.308 e. The highest BCUT2D eigenvalue weighted by atomic mass is 15.2. The van der Waals surface area contributed by atoms with Gasteiger partial charge in [0.25, 0.3) is 0 Å².